The van der Waals surface area contributed by atoms with Gasteiger partial charge in [-0.2, -0.15) is 0 Å². The van der Waals surface area contributed by atoms with E-state index in [1.165, 1.54) is 7.11 Å². The SMILES string of the molecule is COc1ccc(O[C@@H]2O[C@H](COCc3ccccc3)[C@@H](O[C@@H]3O[C@H](CO)[C@H](O)[C@H](O)[C@H]3O)[C@H](OCc3ccccc3)[C@H]2N2C(=O)c3ccccc3C2=O)cc1. The number of hydrogen-bond donors (Lipinski definition) is 4. The summed E-state index contributed by atoms with van der Waals surface area (Å²) >= 11 is 0. The van der Waals surface area contributed by atoms with Crippen molar-refractivity contribution in [3.8, 4) is 11.5 Å². The second-order valence-corrected chi connectivity index (χ2v) is 13.4. The molecule has 4 aromatic rings. The molecule has 0 unspecified atom stereocenters. The summed E-state index contributed by atoms with van der Waals surface area (Å²) in [5.41, 5.74) is 1.98. The molecule has 0 spiro atoms. The number of amides is 2. The summed E-state index contributed by atoms with van der Waals surface area (Å²) in [5, 5.41) is 42.3. The lowest BCUT2D eigenvalue weighted by molar-refractivity contribution is -0.350. The predicted octanol–water partition coefficient (Wildman–Crippen LogP) is 2.45. The van der Waals surface area contributed by atoms with Crippen LogP contribution >= 0.6 is 0 Å². The van der Waals surface area contributed by atoms with Crippen LogP contribution in [0.25, 0.3) is 0 Å². The van der Waals surface area contributed by atoms with Crippen molar-refractivity contribution in [1.82, 2.24) is 4.90 Å². The molecule has 2 amide bonds. The Morgan fingerprint density at radius 2 is 1.20 bits per heavy atom. The number of ether oxygens (including phenoxy) is 7. The van der Waals surface area contributed by atoms with Gasteiger partial charge in [-0.05, 0) is 47.5 Å². The van der Waals surface area contributed by atoms with E-state index in [2.05, 4.69) is 0 Å². The van der Waals surface area contributed by atoms with Crippen molar-refractivity contribution >= 4 is 11.8 Å². The lowest BCUT2D eigenvalue weighted by atomic mass is 9.94. The van der Waals surface area contributed by atoms with Gasteiger partial charge in [-0.25, -0.2) is 0 Å². The minimum Gasteiger partial charge on any atom is -0.497 e. The molecule has 3 aliphatic heterocycles. The molecule has 290 valence electrons. The third kappa shape index (κ3) is 8.28. The van der Waals surface area contributed by atoms with Crippen LogP contribution in [0.5, 0.6) is 11.5 Å². The third-order valence-electron chi connectivity index (χ3n) is 9.87. The molecule has 2 fully saturated rings. The number of aliphatic hydroxyl groups is 4. The number of methoxy groups -OCH3 is 1. The highest BCUT2D eigenvalue weighted by atomic mass is 16.7. The van der Waals surface area contributed by atoms with Crippen LogP contribution in [0.4, 0.5) is 0 Å². The number of carbonyl (C=O) groups is 2. The number of aliphatic hydroxyl groups excluding tert-OH is 4. The third-order valence-corrected chi connectivity index (χ3v) is 9.87. The molecule has 0 aromatic heterocycles. The first-order valence-electron chi connectivity index (χ1n) is 17.9. The Labute approximate surface area is 317 Å². The Kier molecular flexibility index (Phi) is 12.2. The second kappa shape index (κ2) is 17.4. The van der Waals surface area contributed by atoms with Crippen molar-refractivity contribution in [2.24, 2.45) is 0 Å². The number of hydrogen-bond acceptors (Lipinski definition) is 13. The molecule has 14 heteroatoms. The smallest absolute Gasteiger partial charge is 0.262 e. The van der Waals surface area contributed by atoms with Crippen LogP contribution in [0.1, 0.15) is 31.8 Å². The molecule has 3 aliphatic rings. The molecule has 4 aromatic carbocycles. The fourth-order valence-corrected chi connectivity index (χ4v) is 6.99. The van der Waals surface area contributed by atoms with Gasteiger partial charge in [0.25, 0.3) is 11.8 Å². The van der Waals surface area contributed by atoms with Crippen molar-refractivity contribution in [2.75, 3.05) is 20.3 Å². The zero-order valence-corrected chi connectivity index (χ0v) is 29.9. The monoisotopic (exact) mass is 757 g/mol. The highest BCUT2D eigenvalue weighted by molar-refractivity contribution is 6.21. The number of nitrogens with zero attached hydrogens (tertiary/aromatic N) is 1. The quantitative estimate of drug-likeness (QED) is 0.138. The van der Waals surface area contributed by atoms with E-state index in [0.717, 1.165) is 16.0 Å². The van der Waals surface area contributed by atoms with Gasteiger partial charge < -0.3 is 53.6 Å². The zero-order chi connectivity index (χ0) is 38.5. The topological polar surface area (TPSA) is 183 Å². The number of carbonyl (C=O) groups excluding carboxylic acids is 2. The van der Waals surface area contributed by atoms with Gasteiger partial charge in [0.2, 0.25) is 6.29 Å². The number of fused-ring (bicyclic) bond motifs is 1. The molecule has 55 heavy (non-hydrogen) atoms. The van der Waals surface area contributed by atoms with Crippen LogP contribution in [-0.2, 0) is 36.9 Å². The van der Waals surface area contributed by atoms with Gasteiger partial charge in [0.1, 0.15) is 60.3 Å². The first kappa shape index (κ1) is 38.5. The van der Waals surface area contributed by atoms with Crippen LogP contribution in [0, 0.1) is 0 Å². The maximum absolute atomic E-state index is 14.2. The predicted molar refractivity (Wildman–Crippen MR) is 193 cm³/mol. The zero-order valence-electron chi connectivity index (χ0n) is 29.9. The van der Waals surface area contributed by atoms with Crippen molar-refractivity contribution in [3.05, 3.63) is 131 Å². The summed E-state index contributed by atoms with van der Waals surface area (Å²) in [6.07, 6.45) is -13.1. The van der Waals surface area contributed by atoms with Crippen LogP contribution in [-0.4, -0.2) is 119 Å². The van der Waals surface area contributed by atoms with E-state index >= 15 is 0 Å². The maximum Gasteiger partial charge on any atom is 0.262 e. The van der Waals surface area contributed by atoms with Gasteiger partial charge in [-0.15, -0.1) is 0 Å². The fourth-order valence-electron chi connectivity index (χ4n) is 6.99. The molecule has 3 heterocycles. The summed E-state index contributed by atoms with van der Waals surface area (Å²) in [6.45, 7) is -0.681. The van der Waals surface area contributed by atoms with Crippen LogP contribution in [0.15, 0.2) is 109 Å². The van der Waals surface area contributed by atoms with E-state index < -0.39 is 79.8 Å². The maximum atomic E-state index is 14.2. The van der Waals surface area contributed by atoms with E-state index in [1.54, 1.807) is 48.5 Å². The van der Waals surface area contributed by atoms with Crippen LogP contribution < -0.4 is 9.47 Å². The number of imide groups is 1. The molecule has 0 radical (unpaired) electrons. The number of benzene rings is 4. The van der Waals surface area contributed by atoms with Crippen LogP contribution in [0.2, 0.25) is 0 Å². The second-order valence-electron chi connectivity index (χ2n) is 13.4. The minimum absolute atomic E-state index is 0.0213. The van der Waals surface area contributed by atoms with Gasteiger partial charge in [-0.1, -0.05) is 72.8 Å². The highest BCUT2D eigenvalue weighted by Gasteiger charge is 2.57. The molecular formula is C41H43NO13. The summed E-state index contributed by atoms with van der Waals surface area (Å²) in [4.78, 5) is 29.5. The van der Waals surface area contributed by atoms with E-state index in [-0.39, 0.29) is 30.9 Å². The highest BCUT2D eigenvalue weighted by Crippen LogP contribution is 2.38. The van der Waals surface area contributed by atoms with E-state index in [1.807, 2.05) is 60.7 Å². The van der Waals surface area contributed by atoms with Gasteiger partial charge in [0, 0.05) is 0 Å². The molecule has 0 bridgehead atoms. The summed E-state index contributed by atoms with van der Waals surface area (Å²) < 4.78 is 43.5. The molecule has 7 rings (SSSR count). The molecule has 0 aliphatic carbocycles. The Bertz CT molecular complexity index is 1840. The van der Waals surface area contributed by atoms with Gasteiger partial charge in [-0.3, -0.25) is 14.5 Å². The van der Waals surface area contributed by atoms with Crippen molar-refractivity contribution in [1.29, 1.82) is 0 Å². The molecule has 2 saturated heterocycles. The van der Waals surface area contributed by atoms with E-state index in [4.69, 9.17) is 33.2 Å². The Morgan fingerprint density at radius 1 is 0.636 bits per heavy atom. The molecular weight excluding hydrogens is 714 g/mol. The summed E-state index contributed by atoms with van der Waals surface area (Å²) in [7, 11) is 1.53. The first-order chi connectivity index (χ1) is 26.8. The molecule has 10 atom stereocenters. The normalized spacial score (nSPS) is 29.2. The lowest BCUT2D eigenvalue weighted by Crippen LogP contribution is -2.69. The Balaban J connectivity index is 1.31. The summed E-state index contributed by atoms with van der Waals surface area (Å²) in [5.74, 6) is -0.336. The summed E-state index contributed by atoms with van der Waals surface area (Å²) in [6, 6.07) is 30.4. The van der Waals surface area contributed by atoms with E-state index in [0.29, 0.717) is 11.5 Å². The average molecular weight is 758 g/mol. The molecule has 0 saturated carbocycles. The van der Waals surface area contributed by atoms with Crippen molar-refractivity contribution < 1.29 is 63.2 Å². The Morgan fingerprint density at radius 3 is 1.80 bits per heavy atom. The van der Waals surface area contributed by atoms with Gasteiger partial charge >= 0.3 is 0 Å². The Hall–Kier alpha value is -4.74. The minimum atomic E-state index is -1.79. The average Bonchev–Trinajstić information content (AvgIpc) is 3.47. The van der Waals surface area contributed by atoms with Gasteiger partial charge in [0.15, 0.2) is 6.29 Å². The van der Waals surface area contributed by atoms with Crippen LogP contribution in [0.3, 0.4) is 0 Å². The van der Waals surface area contributed by atoms with Crippen molar-refractivity contribution in [2.45, 2.75) is 74.6 Å². The molecule has 4 N–H and O–H groups in total. The van der Waals surface area contributed by atoms with Crippen molar-refractivity contribution in [3.63, 3.8) is 0 Å². The first-order valence-corrected chi connectivity index (χ1v) is 17.9. The largest absolute Gasteiger partial charge is 0.497 e. The van der Waals surface area contributed by atoms with E-state index in [9.17, 15) is 30.0 Å². The lowest BCUT2D eigenvalue weighted by Gasteiger charge is -2.50. The number of rotatable bonds is 14. The fraction of sp³-hybridized carbons (Fsp3) is 0.366. The molecule has 14 nitrogen and oxygen atoms in total. The standard InChI is InChI=1S/C41H43NO13/c1-49-26-16-18-27(19-17-26)52-40-32(42-38(47)28-14-8-9-15-29(28)39(42)48)37(51-22-25-12-6-3-7-13-25)36(31(54-40)23-50-21-24-10-4-2-5-11-24)55-41-35(46)34(45)33(44)30(20-43)53-41/h2-19,30-37,40-41,43-46H,20-23H2,1H3/t30-,31-,32-,33+,34+,35-,36-,37-,40-,41+/m1/s1. The van der Waals surface area contributed by atoms with Gasteiger partial charge in [0.05, 0.1) is 44.7 Å².